The molecule has 120 valence electrons. The van der Waals surface area contributed by atoms with E-state index >= 15 is 0 Å². The highest BCUT2D eigenvalue weighted by atomic mass is 16.9. The predicted octanol–water partition coefficient (Wildman–Crippen LogP) is 2.58. The molecule has 5 nitrogen and oxygen atoms in total. The maximum absolute atomic E-state index is 5.77. The fourth-order valence-electron chi connectivity index (χ4n) is 2.20. The van der Waals surface area contributed by atoms with E-state index in [0.29, 0.717) is 32.5 Å². The zero-order chi connectivity index (χ0) is 14.8. The Hall–Kier alpha value is -0.200. The number of ether oxygens (including phenoxy) is 5. The predicted molar refractivity (Wildman–Crippen MR) is 76.6 cm³/mol. The van der Waals surface area contributed by atoms with Gasteiger partial charge < -0.3 is 23.7 Å². The molecule has 0 bridgehead atoms. The molecule has 1 aliphatic heterocycles. The largest absolute Gasteiger partial charge is 0.379 e. The van der Waals surface area contributed by atoms with Crippen LogP contribution >= 0.6 is 0 Å². The lowest BCUT2D eigenvalue weighted by Gasteiger charge is -2.37. The Bertz CT molecular complexity index is 225. The summed E-state index contributed by atoms with van der Waals surface area (Å²) in [5, 5.41) is 0. The van der Waals surface area contributed by atoms with E-state index in [0.717, 1.165) is 26.1 Å². The third-order valence-electron chi connectivity index (χ3n) is 3.27. The van der Waals surface area contributed by atoms with Gasteiger partial charge in [-0.1, -0.05) is 6.92 Å². The van der Waals surface area contributed by atoms with Gasteiger partial charge in [-0.25, -0.2) is 0 Å². The Morgan fingerprint density at radius 2 is 1.65 bits per heavy atom. The summed E-state index contributed by atoms with van der Waals surface area (Å²) >= 11 is 0. The average molecular weight is 290 g/mol. The Balaban J connectivity index is 2.32. The van der Waals surface area contributed by atoms with E-state index in [-0.39, 0.29) is 5.92 Å². The van der Waals surface area contributed by atoms with E-state index < -0.39 is 5.97 Å². The molecule has 1 aliphatic rings. The van der Waals surface area contributed by atoms with Crippen LogP contribution in [0.1, 0.15) is 40.5 Å². The molecule has 0 N–H and O–H groups in total. The van der Waals surface area contributed by atoms with Crippen molar-refractivity contribution in [1.82, 2.24) is 0 Å². The second kappa shape index (κ2) is 9.68. The van der Waals surface area contributed by atoms with Gasteiger partial charge in [0.1, 0.15) is 6.10 Å². The minimum Gasteiger partial charge on any atom is -0.379 e. The summed E-state index contributed by atoms with van der Waals surface area (Å²) in [7, 11) is 0. The Morgan fingerprint density at radius 3 is 2.10 bits per heavy atom. The van der Waals surface area contributed by atoms with Crippen LogP contribution in [0.15, 0.2) is 0 Å². The van der Waals surface area contributed by atoms with Crippen LogP contribution in [0.2, 0.25) is 0 Å². The third kappa shape index (κ3) is 6.06. The normalized spacial score (nSPS) is 20.1. The average Bonchev–Trinajstić information content (AvgIpc) is 3.23. The molecule has 20 heavy (non-hydrogen) atoms. The van der Waals surface area contributed by atoms with Crippen molar-refractivity contribution in [1.29, 1.82) is 0 Å². The number of hydrogen-bond donors (Lipinski definition) is 0. The zero-order valence-corrected chi connectivity index (χ0v) is 13.4. The Kier molecular flexibility index (Phi) is 8.64. The molecule has 1 rings (SSSR count). The van der Waals surface area contributed by atoms with Crippen LogP contribution in [0.25, 0.3) is 0 Å². The highest BCUT2D eigenvalue weighted by molar-refractivity contribution is 4.69. The minimum atomic E-state index is -0.919. The molecule has 1 saturated heterocycles. The quantitative estimate of drug-likeness (QED) is 0.296. The molecule has 5 heteroatoms. The summed E-state index contributed by atoms with van der Waals surface area (Å²) < 4.78 is 28.0. The monoisotopic (exact) mass is 290 g/mol. The van der Waals surface area contributed by atoms with Crippen LogP contribution < -0.4 is 0 Å². The summed E-state index contributed by atoms with van der Waals surface area (Å²) in [6, 6.07) is 0. The summed E-state index contributed by atoms with van der Waals surface area (Å²) in [6.45, 7) is 12.0. The molecule has 2 unspecified atom stereocenters. The van der Waals surface area contributed by atoms with E-state index in [1.165, 1.54) is 0 Å². The second-order valence-corrected chi connectivity index (χ2v) is 4.98. The van der Waals surface area contributed by atoms with Gasteiger partial charge in [0.05, 0.1) is 13.2 Å². The SMILES string of the molecule is CCOC(OCC)(OCC)C(C)CCCOCC1CO1. The highest BCUT2D eigenvalue weighted by Crippen LogP contribution is 2.29. The second-order valence-electron chi connectivity index (χ2n) is 4.98. The molecular weight excluding hydrogens is 260 g/mol. The van der Waals surface area contributed by atoms with Crippen LogP contribution in [-0.4, -0.2) is 51.7 Å². The van der Waals surface area contributed by atoms with Crippen LogP contribution in [0.5, 0.6) is 0 Å². The van der Waals surface area contributed by atoms with Crippen molar-refractivity contribution in [2.24, 2.45) is 5.92 Å². The van der Waals surface area contributed by atoms with Gasteiger partial charge in [-0.3, -0.25) is 0 Å². The van der Waals surface area contributed by atoms with Crippen molar-refractivity contribution in [3.8, 4) is 0 Å². The molecule has 0 amide bonds. The van der Waals surface area contributed by atoms with Gasteiger partial charge in [0.15, 0.2) is 0 Å². The van der Waals surface area contributed by atoms with Gasteiger partial charge in [-0.2, -0.15) is 0 Å². The summed E-state index contributed by atoms with van der Waals surface area (Å²) in [6.07, 6.45) is 2.23. The van der Waals surface area contributed by atoms with E-state index in [4.69, 9.17) is 23.7 Å². The third-order valence-corrected chi connectivity index (χ3v) is 3.27. The maximum atomic E-state index is 5.77. The number of rotatable bonds is 13. The molecule has 0 aromatic heterocycles. The fraction of sp³-hybridized carbons (Fsp3) is 1.00. The van der Waals surface area contributed by atoms with Crippen molar-refractivity contribution in [3.05, 3.63) is 0 Å². The first-order chi connectivity index (χ1) is 9.68. The maximum Gasteiger partial charge on any atom is 0.285 e. The van der Waals surface area contributed by atoms with Gasteiger partial charge in [-0.05, 0) is 33.6 Å². The molecule has 0 aromatic carbocycles. The van der Waals surface area contributed by atoms with Crippen molar-refractivity contribution in [3.63, 3.8) is 0 Å². The van der Waals surface area contributed by atoms with Gasteiger partial charge in [0, 0.05) is 32.3 Å². The van der Waals surface area contributed by atoms with Crippen LogP contribution in [0.3, 0.4) is 0 Å². The first-order valence-corrected chi connectivity index (χ1v) is 7.79. The molecule has 1 heterocycles. The minimum absolute atomic E-state index is 0.156. The topological polar surface area (TPSA) is 49.5 Å². The molecule has 0 spiro atoms. The Morgan fingerprint density at radius 1 is 1.10 bits per heavy atom. The van der Waals surface area contributed by atoms with E-state index in [1.54, 1.807) is 0 Å². The van der Waals surface area contributed by atoms with E-state index in [2.05, 4.69) is 6.92 Å². The molecule has 0 saturated carbocycles. The summed E-state index contributed by atoms with van der Waals surface area (Å²) in [5.74, 6) is -0.763. The Labute approximate surface area is 122 Å². The smallest absolute Gasteiger partial charge is 0.285 e. The first-order valence-electron chi connectivity index (χ1n) is 7.79. The summed E-state index contributed by atoms with van der Waals surface area (Å²) in [5.41, 5.74) is 0. The van der Waals surface area contributed by atoms with Crippen LogP contribution in [-0.2, 0) is 23.7 Å². The van der Waals surface area contributed by atoms with Crippen molar-refractivity contribution >= 4 is 0 Å². The van der Waals surface area contributed by atoms with Gasteiger partial charge in [0.25, 0.3) is 5.97 Å². The molecule has 1 fully saturated rings. The van der Waals surface area contributed by atoms with Crippen molar-refractivity contribution in [2.75, 3.05) is 39.6 Å². The standard InChI is InChI=1S/C15H30O5/c1-5-18-15(19-6-2,20-7-3)13(4)9-8-10-16-11-14-12-17-14/h13-14H,5-12H2,1-4H3. The van der Waals surface area contributed by atoms with Gasteiger partial charge in [0.2, 0.25) is 0 Å². The van der Waals surface area contributed by atoms with E-state index in [1.807, 2.05) is 20.8 Å². The summed E-state index contributed by atoms with van der Waals surface area (Å²) in [4.78, 5) is 0. The molecular formula is C15H30O5. The van der Waals surface area contributed by atoms with Crippen LogP contribution in [0, 0.1) is 5.92 Å². The number of epoxide rings is 1. The van der Waals surface area contributed by atoms with Crippen molar-refractivity contribution in [2.45, 2.75) is 52.6 Å². The molecule has 0 radical (unpaired) electrons. The molecule has 0 aromatic rings. The highest BCUT2D eigenvalue weighted by Gasteiger charge is 2.38. The lowest BCUT2D eigenvalue weighted by molar-refractivity contribution is -0.400. The van der Waals surface area contributed by atoms with E-state index in [9.17, 15) is 0 Å². The lowest BCUT2D eigenvalue weighted by Crippen LogP contribution is -2.45. The fourth-order valence-corrected chi connectivity index (χ4v) is 2.20. The first kappa shape index (κ1) is 17.9. The molecule has 2 atom stereocenters. The number of hydrogen-bond acceptors (Lipinski definition) is 5. The molecule has 0 aliphatic carbocycles. The van der Waals surface area contributed by atoms with Crippen LogP contribution in [0.4, 0.5) is 0 Å². The van der Waals surface area contributed by atoms with Gasteiger partial charge in [-0.15, -0.1) is 0 Å². The van der Waals surface area contributed by atoms with Crippen molar-refractivity contribution < 1.29 is 23.7 Å². The van der Waals surface area contributed by atoms with Gasteiger partial charge >= 0.3 is 0 Å². The lowest BCUT2D eigenvalue weighted by atomic mass is 10.0. The zero-order valence-electron chi connectivity index (χ0n) is 13.4.